The predicted octanol–water partition coefficient (Wildman–Crippen LogP) is -0.615. The maximum atomic E-state index is 13.0. The molecule has 11 atom stereocenters. The van der Waals surface area contributed by atoms with Gasteiger partial charge in [-0.1, -0.05) is 13.0 Å². The van der Waals surface area contributed by atoms with Crippen LogP contribution in [0.5, 0.6) is 0 Å². The first kappa shape index (κ1) is 33.2. The molecule has 234 valence electrons. The van der Waals surface area contributed by atoms with E-state index in [0.717, 1.165) is 40.7 Å². The Morgan fingerprint density at radius 3 is 1.83 bits per heavy atom. The minimum absolute atomic E-state index is 0.0109. The van der Waals surface area contributed by atoms with Crippen LogP contribution >= 0.6 is 0 Å². The molecular weight excluding hydrogens is 560 g/mol. The molecule has 1 fully saturated rings. The largest absolute Gasteiger partial charge is 0.459 e. The summed E-state index contributed by atoms with van der Waals surface area (Å²) >= 11 is 0. The molecule has 0 aromatic rings. The molecule has 0 spiro atoms. The lowest BCUT2D eigenvalue weighted by Crippen LogP contribution is -2.74. The van der Waals surface area contributed by atoms with Crippen molar-refractivity contribution in [3.05, 3.63) is 23.8 Å². The third-order valence-corrected chi connectivity index (χ3v) is 8.36. The van der Waals surface area contributed by atoms with Crippen molar-refractivity contribution in [2.24, 2.45) is 11.3 Å². The van der Waals surface area contributed by atoms with Gasteiger partial charge in [0.1, 0.15) is 30.0 Å². The summed E-state index contributed by atoms with van der Waals surface area (Å²) in [4.78, 5) is 62.1. The molecule has 1 heterocycles. The highest BCUT2D eigenvalue weighted by atomic mass is 16.6. The van der Waals surface area contributed by atoms with Crippen LogP contribution in [-0.2, 0) is 47.7 Å². The van der Waals surface area contributed by atoms with Crippen LogP contribution in [0.3, 0.4) is 0 Å². The standard InChI is InChI=1S/C28H38O14/c1-12-11-18-28(37,27(8,36)24(34)42-18)23(41-16(5)32)21-25(6,10-9-17(26(21,7)35)38-13(2)29)22(40-15(4)31)19(33)20(12)39-14(3)30/h9-11,17-23,33,35-37H,1-8H3/b12-11-/t17-,18+,19-,20?,21-,22-,23?,25+,26-,27-,28+/m1/s1. The monoisotopic (exact) mass is 598 g/mol. The van der Waals surface area contributed by atoms with E-state index in [1.54, 1.807) is 0 Å². The Kier molecular flexibility index (Phi) is 8.74. The highest BCUT2D eigenvalue weighted by Gasteiger charge is 2.75. The molecule has 0 bridgehead atoms. The second kappa shape index (κ2) is 11.1. The summed E-state index contributed by atoms with van der Waals surface area (Å²) in [7, 11) is 0. The van der Waals surface area contributed by atoms with Crippen LogP contribution in [0.2, 0.25) is 0 Å². The van der Waals surface area contributed by atoms with Crippen LogP contribution in [0.15, 0.2) is 23.8 Å². The number of rotatable bonds is 4. The van der Waals surface area contributed by atoms with Gasteiger partial charge >= 0.3 is 29.8 Å². The zero-order valence-corrected chi connectivity index (χ0v) is 24.6. The van der Waals surface area contributed by atoms with Crippen molar-refractivity contribution in [2.45, 2.75) is 109 Å². The van der Waals surface area contributed by atoms with Crippen molar-refractivity contribution >= 4 is 29.8 Å². The molecule has 0 aromatic heterocycles. The van der Waals surface area contributed by atoms with Crippen molar-refractivity contribution in [1.29, 1.82) is 0 Å². The summed E-state index contributed by atoms with van der Waals surface area (Å²) < 4.78 is 27.3. The van der Waals surface area contributed by atoms with Gasteiger partial charge in [-0.15, -0.1) is 0 Å². The lowest BCUT2D eigenvalue weighted by molar-refractivity contribution is -0.265. The zero-order chi connectivity index (χ0) is 32.2. The van der Waals surface area contributed by atoms with Crippen molar-refractivity contribution in [3.8, 4) is 0 Å². The van der Waals surface area contributed by atoms with Gasteiger partial charge in [0, 0.05) is 39.0 Å². The van der Waals surface area contributed by atoms with Crippen molar-refractivity contribution in [3.63, 3.8) is 0 Å². The van der Waals surface area contributed by atoms with Gasteiger partial charge in [0.2, 0.25) is 0 Å². The molecule has 0 amide bonds. The van der Waals surface area contributed by atoms with E-state index in [9.17, 15) is 44.4 Å². The van der Waals surface area contributed by atoms with E-state index < -0.39 is 94.6 Å². The predicted molar refractivity (Wildman–Crippen MR) is 139 cm³/mol. The second-order valence-corrected chi connectivity index (χ2v) is 11.7. The third-order valence-electron chi connectivity index (χ3n) is 8.36. The Morgan fingerprint density at radius 1 is 0.833 bits per heavy atom. The van der Waals surface area contributed by atoms with E-state index in [1.807, 2.05) is 0 Å². The van der Waals surface area contributed by atoms with Gasteiger partial charge in [-0.05, 0) is 38.5 Å². The van der Waals surface area contributed by atoms with Gasteiger partial charge in [-0.25, -0.2) is 4.79 Å². The van der Waals surface area contributed by atoms with Crippen molar-refractivity contribution in [2.75, 3.05) is 0 Å². The van der Waals surface area contributed by atoms with Crippen LogP contribution < -0.4 is 0 Å². The Bertz CT molecular complexity index is 1220. The van der Waals surface area contributed by atoms with E-state index in [1.165, 1.54) is 32.9 Å². The number of carbonyl (C=O) groups is 5. The maximum Gasteiger partial charge on any atom is 0.341 e. The Labute approximate surface area is 242 Å². The number of aliphatic hydroxyl groups is 4. The van der Waals surface area contributed by atoms with Gasteiger partial charge in [0.15, 0.2) is 23.4 Å². The number of esters is 5. The van der Waals surface area contributed by atoms with Crippen LogP contribution in [0.4, 0.5) is 0 Å². The molecule has 14 nitrogen and oxygen atoms in total. The second-order valence-electron chi connectivity index (χ2n) is 11.7. The van der Waals surface area contributed by atoms with Crippen LogP contribution in [0, 0.1) is 11.3 Å². The molecular formula is C28H38O14. The lowest BCUT2D eigenvalue weighted by atomic mass is 9.53. The molecule has 2 unspecified atom stereocenters. The molecule has 0 saturated carbocycles. The molecule has 42 heavy (non-hydrogen) atoms. The first-order valence-corrected chi connectivity index (χ1v) is 13.2. The minimum atomic E-state index is -2.86. The topological polar surface area (TPSA) is 212 Å². The molecule has 1 aliphatic heterocycles. The van der Waals surface area contributed by atoms with E-state index in [0.29, 0.717) is 0 Å². The van der Waals surface area contributed by atoms with Crippen LogP contribution in [-0.4, -0.2) is 104 Å². The van der Waals surface area contributed by atoms with Crippen molar-refractivity contribution < 1.29 is 68.1 Å². The van der Waals surface area contributed by atoms with Crippen LogP contribution in [0.25, 0.3) is 0 Å². The molecule has 0 radical (unpaired) electrons. The van der Waals surface area contributed by atoms with Gasteiger partial charge in [-0.3, -0.25) is 19.2 Å². The number of hydrogen-bond acceptors (Lipinski definition) is 14. The first-order chi connectivity index (χ1) is 19.1. The molecule has 2 aliphatic carbocycles. The fourth-order valence-corrected chi connectivity index (χ4v) is 6.44. The summed E-state index contributed by atoms with van der Waals surface area (Å²) in [6.07, 6.45) is -6.74. The summed E-state index contributed by atoms with van der Waals surface area (Å²) in [6.45, 7) is 9.03. The molecule has 0 aromatic carbocycles. The van der Waals surface area contributed by atoms with Gasteiger partial charge in [0.25, 0.3) is 0 Å². The summed E-state index contributed by atoms with van der Waals surface area (Å²) in [5.41, 5.74) is -9.80. The number of carbonyl (C=O) groups excluding carboxylic acids is 5. The summed E-state index contributed by atoms with van der Waals surface area (Å²) in [5, 5.41) is 47.6. The van der Waals surface area contributed by atoms with E-state index >= 15 is 0 Å². The molecule has 3 aliphatic rings. The van der Waals surface area contributed by atoms with Crippen LogP contribution in [0.1, 0.15) is 55.4 Å². The SMILES string of the molecule is CC(=O)OC1/C(C)=C\[C@@H]2OC(=O)[C@@](C)(O)[C@@]2(O)C(OC(C)=O)[C@H]2[C@](C)(O)[C@H](OC(C)=O)C=C[C@]2(C)[C@H](OC(C)=O)[C@@H]1O. The molecule has 3 rings (SSSR count). The smallest absolute Gasteiger partial charge is 0.341 e. The number of aliphatic hydroxyl groups excluding tert-OH is 1. The quantitative estimate of drug-likeness (QED) is 0.181. The fourth-order valence-electron chi connectivity index (χ4n) is 6.44. The normalized spacial score (nSPS) is 44.3. The van der Waals surface area contributed by atoms with E-state index in [2.05, 4.69) is 0 Å². The fraction of sp³-hybridized carbons (Fsp3) is 0.679. The number of ether oxygens (including phenoxy) is 5. The molecule has 1 saturated heterocycles. The Morgan fingerprint density at radius 2 is 1.33 bits per heavy atom. The average Bonchev–Trinajstić information content (AvgIpc) is 3.00. The highest BCUT2D eigenvalue weighted by molar-refractivity contribution is 5.84. The average molecular weight is 599 g/mol. The van der Waals surface area contributed by atoms with E-state index in [-0.39, 0.29) is 5.57 Å². The van der Waals surface area contributed by atoms with E-state index in [4.69, 9.17) is 23.7 Å². The summed E-state index contributed by atoms with van der Waals surface area (Å²) in [6, 6.07) is 0. The minimum Gasteiger partial charge on any atom is -0.459 e. The van der Waals surface area contributed by atoms with Gasteiger partial charge in [-0.2, -0.15) is 0 Å². The zero-order valence-electron chi connectivity index (χ0n) is 24.6. The van der Waals surface area contributed by atoms with Gasteiger partial charge in [0.05, 0.1) is 0 Å². The third kappa shape index (κ3) is 5.32. The molecule has 14 heteroatoms. The first-order valence-electron chi connectivity index (χ1n) is 13.2. The highest BCUT2D eigenvalue weighted by Crippen LogP contribution is 2.56. The van der Waals surface area contributed by atoms with Gasteiger partial charge < -0.3 is 44.1 Å². The summed E-state index contributed by atoms with van der Waals surface area (Å²) in [5.74, 6) is -6.62. The molecule has 4 N–H and O–H groups in total. The lowest BCUT2D eigenvalue weighted by Gasteiger charge is -2.57. The maximum absolute atomic E-state index is 13.0. The Hall–Kier alpha value is -3.33. The number of fused-ring (bicyclic) bond motifs is 2. The number of hydrogen-bond donors (Lipinski definition) is 4. The van der Waals surface area contributed by atoms with Crippen molar-refractivity contribution in [1.82, 2.24) is 0 Å². The Balaban J connectivity index is 2.53.